The van der Waals surface area contributed by atoms with Crippen molar-refractivity contribution in [2.24, 2.45) is 0 Å². The van der Waals surface area contributed by atoms with E-state index in [0.717, 1.165) is 0 Å². The Hall–Kier alpha value is -1.32. The molecular formula is C6H7NO3. The van der Waals surface area contributed by atoms with Crippen LogP contribution in [0, 0.1) is 0 Å². The number of hydrogen-bond acceptors (Lipinski definition) is 4. The van der Waals surface area contributed by atoms with Gasteiger partial charge in [-0.05, 0) is 6.92 Å². The first-order valence-electron chi connectivity index (χ1n) is 2.87. The summed E-state index contributed by atoms with van der Waals surface area (Å²) in [7, 11) is 0. The summed E-state index contributed by atoms with van der Waals surface area (Å²) in [5.74, 6) is -0.124. The van der Waals surface area contributed by atoms with Crippen molar-refractivity contribution in [2.75, 3.05) is 0 Å². The Morgan fingerprint density at radius 3 is 2.80 bits per heavy atom. The SMILES string of the molecule is C[C@H]1N/C(=C/C=O)OC1=O. The second-order valence-electron chi connectivity index (χ2n) is 1.95. The third-order valence-electron chi connectivity index (χ3n) is 1.14. The van der Waals surface area contributed by atoms with Crippen molar-refractivity contribution < 1.29 is 14.3 Å². The van der Waals surface area contributed by atoms with Crippen LogP contribution in [0.1, 0.15) is 6.92 Å². The van der Waals surface area contributed by atoms with Gasteiger partial charge in [0.05, 0.1) is 0 Å². The first kappa shape index (κ1) is 6.80. The molecule has 0 aromatic heterocycles. The summed E-state index contributed by atoms with van der Waals surface area (Å²) in [4.78, 5) is 20.5. The molecule has 1 fully saturated rings. The van der Waals surface area contributed by atoms with E-state index in [2.05, 4.69) is 10.1 Å². The van der Waals surface area contributed by atoms with Crippen molar-refractivity contribution in [3.8, 4) is 0 Å². The Balaban J connectivity index is 2.65. The number of cyclic esters (lactones) is 1. The summed E-state index contributed by atoms with van der Waals surface area (Å²) in [6.07, 6.45) is 1.73. The Morgan fingerprint density at radius 2 is 2.40 bits per heavy atom. The normalized spacial score (nSPS) is 27.9. The number of allylic oxidation sites excluding steroid dienone is 1. The van der Waals surface area contributed by atoms with Crippen LogP contribution in [0.15, 0.2) is 12.0 Å². The summed E-state index contributed by atoms with van der Waals surface area (Å²) in [5, 5.41) is 2.66. The highest BCUT2D eigenvalue weighted by Gasteiger charge is 2.24. The molecule has 0 aliphatic carbocycles. The molecule has 0 radical (unpaired) electrons. The number of aldehydes is 1. The number of nitrogens with one attached hydrogen (secondary N) is 1. The molecule has 1 N–H and O–H groups in total. The average Bonchev–Trinajstić information content (AvgIpc) is 2.14. The van der Waals surface area contributed by atoms with Crippen LogP contribution in [0.2, 0.25) is 0 Å². The van der Waals surface area contributed by atoms with E-state index in [-0.39, 0.29) is 17.9 Å². The number of carbonyl (C=O) groups excluding carboxylic acids is 2. The molecule has 0 unspecified atom stereocenters. The van der Waals surface area contributed by atoms with Gasteiger partial charge in [0, 0.05) is 6.08 Å². The van der Waals surface area contributed by atoms with E-state index in [1.165, 1.54) is 6.08 Å². The minimum atomic E-state index is -0.354. The van der Waals surface area contributed by atoms with Crippen molar-refractivity contribution in [3.05, 3.63) is 12.0 Å². The predicted molar refractivity (Wildman–Crippen MR) is 32.8 cm³/mol. The molecule has 0 bridgehead atoms. The van der Waals surface area contributed by atoms with Crippen molar-refractivity contribution in [3.63, 3.8) is 0 Å². The Labute approximate surface area is 57.9 Å². The molecule has 0 saturated carbocycles. The van der Waals surface area contributed by atoms with Crippen LogP contribution in [0.25, 0.3) is 0 Å². The predicted octanol–water partition coefficient (Wildman–Crippen LogP) is -0.438. The van der Waals surface area contributed by atoms with Gasteiger partial charge < -0.3 is 10.1 Å². The Bertz CT molecular complexity index is 197. The fourth-order valence-corrected chi connectivity index (χ4v) is 0.642. The van der Waals surface area contributed by atoms with Crippen LogP contribution < -0.4 is 5.32 Å². The average molecular weight is 141 g/mol. The highest BCUT2D eigenvalue weighted by Crippen LogP contribution is 2.05. The molecule has 1 aliphatic heterocycles. The van der Waals surface area contributed by atoms with Gasteiger partial charge in [-0.25, -0.2) is 4.79 Å². The Kier molecular flexibility index (Phi) is 1.71. The second kappa shape index (κ2) is 2.51. The van der Waals surface area contributed by atoms with Gasteiger partial charge in [0.2, 0.25) is 5.88 Å². The van der Waals surface area contributed by atoms with E-state index in [0.29, 0.717) is 6.29 Å². The standard InChI is InChI=1S/C6H7NO3/c1-4-6(9)10-5(7-4)2-3-8/h2-4,7H,1H3/b5-2-/t4-/m1/s1. The molecule has 4 nitrogen and oxygen atoms in total. The van der Waals surface area contributed by atoms with E-state index < -0.39 is 0 Å². The summed E-state index contributed by atoms with van der Waals surface area (Å²) < 4.78 is 4.59. The fourth-order valence-electron chi connectivity index (χ4n) is 0.642. The molecule has 1 heterocycles. The van der Waals surface area contributed by atoms with Gasteiger partial charge in [0.1, 0.15) is 12.3 Å². The van der Waals surface area contributed by atoms with E-state index in [1.807, 2.05) is 0 Å². The van der Waals surface area contributed by atoms with Gasteiger partial charge in [-0.15, -0.1) is 0 Å². The summed E-state index contributed by atoms with van der Waals surface area (Å²) in [6, 6.07) is -0.341. The minimum Gasteiger partial charge on any atom is -0.408 e. The van der Waals surface area contributed by atoms with Gasteiger partial charge in [-0.3, -0.25) is 4.79 Å². The molecule has 0 aromatic carbocycles. The molecule has 0 spiro atoms. The quantitative estimate of drug-likeness (QED) is 0.305. The maximum atomic E-state index is 10.6. The van der Waals surface area contributed by atoms with Crippen LogP contribution in [0.4, 0.5) is 0 Å². The summed E-state index contributed by atoms with van der Waals surface area (Å²) in [5.41, 5.74) is 0. The van der Waals surface area contributed by atoms with Gasteiger partial charge in [-0.2, -0.15) is 0 Å². The van der Waals surface area contributed by atoms with E-state index in [4.69, 9.17) is 0 Å². The Morgan fingerprint density at radius 1 is 1.70 bits per heavy atom. The molecule has 54 valence electrons. The molecular weight excluding hydrogens is 134 g/mol. The highest BCUT2D eigenvalue weighted by molar-refractivity contribution is 5.80. The van der Waals surface area contributed by atoms with Gasteiger partial charge in [0.15, 0.2) is 0 Å². The molecule has 1 rings (SSSR count). The first-order chi connectivity index (χ1) is 4.74. The molecule has 1 aliphatic rings. The van der Waals surface area contributed by atoms with Crippen LogP contribution in [0.5, 0.6) is 0 Å². The zero-order chi connectivity index (χ0) is 7.56. The monoisotopic (exact) mass is 141 g/mol. The largest absolute Gasteiger partial charge is 0.408 e. The van der Waals surface area contributed by atoms with Crippen LogP contribution in [-0.2, 0) is 14.3 Å². The maximum Gasteiger partial charge on any atom is 0.334 e. The van der Waals surface area contributed by atoms with Gasteiger partial charge in [-0.1, -0.05) is 0 Å². The minimum absolute atomic E-state index is 0.229. The second-order valence-corrected chi connectivity index (χ2v) is 1.95. The zero-order valence-electron chi connectivity index (χ0n) is 5.46. The maximum absolute atomic E-state index is 10.6. The third kappa shape index (κ3) is 1.15. The number of rotatable bonds is 1. The number of carbonyl (C=O) groups is 2. The summed E-state index contributed by atoms with van der Waals surface area (Å²) >= 11 is 0. The number of ether oxygens (including phenoxy) is 1. The van der Waals surface area contributed by atoms with Crippen LogP contribution >= 0.6 is 0 Å². The van der Waals surface area contributed by atoms with Crippen molar-refractivity contribution in [1.82, 2.24) is 5.32 Å². The molecule has 1 saturated heterocycles. The lowest BCUT2D eigenvalue weighted by atomic mass is 10.4. The van der Waals surface area contributed by atoms with Crippen molar-refractivity contribution in [1.29, 1.82) is 0 Å². The number of hydrogen-bond donors (Lipinski definition) is 1. The lowest BCUT2D eigenvalue weighted by Gasteiger charge is -1.92. The lowest BCUT2D eigenvalue weighted by Crippen LogP contribution is -2.21. The number of esters is 1. The topological polar surface area (TPSA) is 55.4 Å². The van der Waals surface area contributed by atoms with Crippen molar-refractivity contribution >= 4 is 12.3 Å². The fraction of sp³-hybridized carbons (Fsp3) is 0.333. The van der Waals surface area contributed by atoms with Crippen LogP contribution in [-0.4, -0.2) is 18.3 Å². The third-order valence-corrected chi connectivity index (χ3v) is 1.14. The smallest absolute Gasteiger partial charge is 0.334 e. The van der Waals surface area contributed by atoms with E-state index in [1.54, 1.807) is 6.92 Å². The lowest BCUT2D eigenvalue weighted by molar-refractivity contribution is -0.136. The molecule has 1 atom stereocenters. The molecule has 0 aromatic rings. The molecule has 10 heavy (non-hydrogen) atoms. The van der Waals surface area contributed by atoms with Crippen molar-refractivity contribution in [2.45, 2.75) is 13.0 Å². The molecule has 0 amide bonds. The zero-order valence-corrected chi connectivity index (χ0v) is 5.46. The summed E-state index contributed by atoms with van der Waals surface area (Å²) in [6.45, 7) is 1.66. The van der Waals surface area contributed by atoms with E-state index >= 15 is 0 Å². The van der Waals surface area contributed by atoms with E-state index in [9.17, 15) is 9.59 Å². The van der Waals surface area contributed by atoms with Crippen LogP contribution in [0.3, 0.4) is 0 Å². The van der Waals surface area contributed by atoms with Gasteiger partial charge >= 0.3 is 5.97 Å². The van der Waals surface area contributed by atoms with Gasteiger partial charge in [0.25, 0.3) is 0 Å². The highest BCUT2D eigenvalue weighted by atomic mass is 16.6. The molecule has 4 heteroatoms. The first-order valence-corrected chi connectivity index (χ1v) is 2.87.